The van der Waals surface area contributed by atoms with Gasteiger partial charge in [-0.3, -0.25) is 25.2 Å². The maximum atomic E-state index is 12.2. The number of rotatable bonds is 6. The molecule has 0 unspecified atom stereocenters. The average Bonchev–Trinajstić information content (AvgIpc) is 3.13. The van der Waals surface area contributed by atoms with E-state index in [0.717, 1.165) is 17.4 Å². The topological polar surface area (TPSA) is 97.6 Å². The molecule has 1 atom stereocenters. The van der Waals surface area contributed by atoms with Crippen molar-refractivity contribution in [3.63, 3.8) is 0 Å². The normalized spacial score (nSPS) is 11.7. The molecule has 1 heterocycles. The highest BCUT2D eigenvalue weighted by Gasteiger charge is 2.20. The molecule has 150 valence electrons. The number of carbonyl (C=O) groups excluding carboxylic acids is 3. The zero-order chi connectivity index (χ0) is 20.8. The number of nitrogens with one attached hydrogen (secondary N) is 2. The van der Waals surface area contributed by atoms with Gasteiger partial charge in [-0.2, -0.15) is 0 Å². The summed E-state index contributed by atoms with van der Waals surface area (Å²) in [6.07, 6.45) is 1.33. The molecule has 3 aromatic rings. The van der Waals surface area contributed by atoms with Crippen LogP contribution in [0.25, 0.3) is 11.0 Å². The van der Waals surface area contributed by atoms with E-state index in [1.165, 1.54) is 13.2 Å². The molecule has 0 saturated carbocycles. The van der Waals surface area contributed by atoms with E-state index in [1.807, 2.05) is 18.2 Å². The van der Waals surface area contributed by atoms with Crippen LogP contribution >= 0.6 is 0 Å². The maximum absolute atomic E-state index is 12.2. The molecule has 0 aliphatic carbocycles. The lowest BCUT2D eigenvalue weighted by Crippen LogP contribution is -2.46. The molecule has 2 amide bonds. The third-order valence-electron chi connectivity index (χ3n) is 4.48. The Bertz CT molecular complexity index is 1030. The second-order valence-electron chi connectivity index (χ2n) is 6.56. The summed E-state index contributed by atoms with van der Waals surface area (Å²) in [4.78, 5) is 36.2. The molecular formula is C22H22N2O5. The van der Waals surface area contributed by atoms with Crippen LogP contribution in [0.4, 0.5) is 0 Å². The number of benzene rings is 2. The Balaban J connectivity index is 1.52. The van der Waals surface area contributed by atoms with Crippen molar-refractivity contribution in [1.82, 2.24) is 10.9 Å². The number of aryl methyl sites for hydroxylation is 1. The number of ether oxygens (including phenoxy) is 1. The van der Waals surface area contributed by atoms with E-state index in [4.69, 9.17) is 9.15 Å². The number of fused-ring (bicyclic) bond motifs is 1. The van der Waals surface area contributed by atoms with Crippen LogP contribution < -0.4 is 10.9 Å². The second kappa shape index (κ2) is 9.05. The molecular weight excluding hydrogens is 372 g/mol. The van der Waals surface area contributed by atoms with Crippen LogP contribution in [-0.2, 0) is 27.2 Å². The Labute approximate surface area is 168 Å². The molecule has 7 heteroatoms. The molecule has 0 radical (unpaired) electrons. The van der Waals surface area contributed by atoms with Crippen LogP contribution in [0.2, 0.25) is 0 Å². The van der Waals surface area contributed by atoms with E-state index in [-0.39, 0.29) is 6.42 Å². The molecule has 0 saturated heterocycles. The number of furan rings is 1. The lowest BCUT2D eigenvalue weighted by atomic mass is 10.1. The monoisotopic (exact) mass is 394 g/mol. The van der Waals surface area contributed by atoms with Crippen molar-refractivity contribution in [1.29, 1.82) is 0 Å². The van der Waals surface area contributed by atoms with Crippen molar-refractivity contribution in [2.45, 2.75) is 32.8 Å². The fourth-order valence-corrected chi connectivity index (χ4v) is 2.81. The standard InChI is InChI=1S/C22H22N2O5/c1-3-15-9-10-18-17(13-28-19(18)11-15)12-20(25)29-14(2)21(26)23-24-22(27)16-7-5-4-6-8-16/h4-11,13-14H,3,12H2,1-2H3,(H,23,26)(H,24,27)/t14-/m1/s1. The van der Waals surface area contributed by atoms with Crippen LogP contribution in [0.1, 0.15) is 35.3 Å². The summed E-state index contributed by atoms with van der Waals surface area (Å²) in [5.74, 6) is -1.66. The molecule has 0 aliphatic heterocycles. The first-order valence-corrected chi connectivity index (χ1v) is 9.31. The maximum Gasteiger partial charge on any atom is 0.311 e. The highest BCUT2D eigenvalue weighted by molar-refractivity contribution is 5.96. The van der Waals surface area contributed by atoms with E-state index < -0.39 is 23.9 Å². The van der Waals surface area contributed by atoms with Gasteiger partial charge < -0.3 is 9.15 Å². The average molecular weight is 394 g/mol. The van der Waals surface area contributed by atoms with Gasteiger partial charge in [0.1, 0.15) is 5.58 Å². The largest absolute Gasteiger partial charge is 0.464 e. The van der Waals surface area contributed by atoms with Crippen LogP contribution in [0.3, 0.4) is 0 Å². The molecule has 0 aliphatic rings. The predicted molar refractivity (Wildman–Crippen MR) is 107 cm³/mol. The van der Waals surface area contributed by atoms with Gasteiger partial charge in [0.2, 0.25) is 0 Å². The first-order chi connectivity index (χ1) is 14.0. The Hall–Kier alpha value is -3.61. The Kier molecular flexibility index (Phi) is 6.29. The van der Waals surface area contributed by atoms with Gasteiger partial charge in [0.25, 0.3) is 11.8 Å². The first-order valence-electron chi connectivity index (χ1n) is 9.31. The minimum atomic E-state index is -1.07. The predicted octanol–water partition coefficient (Wildman–Crippen LogP) is 2.93. The van der Waals surface area contributed by atoms with Crippen molar-refractivity contribution >= 4 is 28.8 Å². The van der Waals surface area contributed by atoms with Crippen molar-refractivity contribution in [2.75, 3.05) is 0 Å². The van der Waals surface area contributed by atoms with Crippen LogP contribution in [-0.4, -0.2) is 23.9 Å². The fourth-order valence-electron chi connectivity index (χ4n) is 2.81. The molecule has 0 fully saturated rings. The van der Waals surface area contributed by atoms with Gasteiger partial charge in [-0.15, -0.1) is 0 Å². The SMILES string of the molecule is CCc1ccc2c(CC(=O)O[C@H](C)C(=O)NNC(=O)c3ccccc3)coc2c1. The number of hydrazine groups is 1. The number of carbonyl (C=O) groups is 3. The third-order valence-corrected chi connectivity index (χ3v) is 4.48. The van der Waals surface area contributed by atoms with E-state index in [1.54, 1.807) is 30.3 Å². The summed E-state index contributed by atoms with van der Waals surface area (Å²) in [5.41, 5.74) is 7.48. The Morgan fingerprint density at radius 1 is 1.07 bits per heavy atom. The Morgan fingerprint density at radius 3 is 2.55 bits per heavy atom. The lowest BCUT2D eigenvalue weighted by Gasteiger charge is -2.14. The molecule has 0 spiro atoms. The smallest absolute Gasteiger partial charge is 0.311 e. The molecule has 3 rings (SSSR count). The van der Waals surface area contributed by atoms with Crippen LogP contribution in [0.15, 0.2) is 59.2 Å². The number of amides is 2. The van der Waals surface area contributed by atoms with Gasteiger partial charge in [-0.25, -0.2) is 0 Å². The summed E-state index contributed by atoms with van der Waals surface area (Å²) in [5, 5.41) is 0.839. The molecule has 7 nitrogen and oxygen atoms in total. The highest BCUT2D eigenvalue weighted by atomic mass is 16.5. The van der Waals surface area contributed by atoms with E-state index in [0.29, 0.717) is 16.7 Å². The highest BCUT2D eigenvalue weighted by Crippen LogP contribution is 2.23. The second-order valence-corrected chi connectivity index (χ2v) is 6.56. The first kappa shape index (κ1) is 20.1. The van der Waals surface area contributed by atoms with Crippen LogP contribution in [0.5, 0.6) is 0 Å². The third kappa shape index (κ3) is 5.01. The lowest BCUT2D eigenvalue weighted by molar-refractivity contribution is -0.154. The molecule has 29 heavy (non-hydrogen) atoms. The summed E-state index contributed by atoms with van der Waals surface area (Å²) < 4.78 is 10.7. The molecule has 0 bridgehead atoms. The fraction of sp³-hybridized carbons (Fsp3) is 0.227. The van der Waals surface area contributed by atoms with Gasteiger partial charge in [-0.05, 0) is 37.1 Å². The minimum Gasteiger partial charge on any atom is -0.464 e. The number of esters is 1. The number of hydrogen-bond acceptors (Lipinski definition) is 5. The zero-order valence-electron chi connectivity index (χ0n) is 16.2. The Morgan fingerprint density at radius 2 is 1.83 bits per heavy atom. The van der Waals surface area contributed by atoms with Gasteiger partial charge >= 0.3 is 5.97 Å². The van der Waals surface area contributed by atoms with Crippen molar-refractivity contribution in [3.05, 3.63) is 71.5 Å². The molecule has 1 aromatic heterocycles. The van der Waals surface area contributed by atoms with E-state index in [9.17, 15) is 14.4 Å². The van der Waals surface area contributed by atoms with Gasteiger partial charge in [0, 0.05) is 16.5 Å². The van der Waals surface area contributed by atoms with Gasteiger partial charge in [0.15, 0.2) is 6.10 Å². The van der Waals surface area contributed by atoms with Crippen LogP contribution in [0, 0.1) is 0 Å². The quantitative estimate of drug-likeness (QED) is 0.495. The van der Waals surface area contributed by atoms with E-state index >= 15 is 0 Å². The summed E-state index contributed by atoms with van der Waals surface area (Å²) >= 11 is 0. The van der Waals surface area contributed by atoms with Crippen molar-refractivity contribution < 1.29 is 23.5 Å². The molecule has 2 N–H and O–H groups in total. The minimum absolute atomic E-state index is 0.0214. The summed E-state index contributed by atoms with van der Waals surface area (Å²) in [6.45, 7) is 3.49. The summed E-state index contributed by atoms with van der Waals surface area (Å²) in [6, 6.07) is 14.3. The van der Waals surface area contributed by atoms with Crippen molar-refractivity contribution in [2.24, 2.45) is 0 Å². The zero-order valence-corrected chi connectivity index (χ0v) is 16.2. The van der Waals surface area contributed by atoms with Gasteiger partial charge in [0.05, 0.1) is 12.7 Å². The van der Waals surface area contributed by atoms with Crippen molar-refractivity contribution in [3.8, 4) is 0 Å². The van der Waals surface area contributed by atoms with E-state index in [2.05, 4.69) is 17.8 Å². The molecule has 2 aromatic carbocycles. The number of hydrogen-bond donors (Lipinski definition) is 2. The van der Waals surface area contributed by atoms with Gasteiger partial charge in [-0.1, -0.05) is 37.3 Å². The summed E-state index contributed by atoms with van der Waals surface area (Å²) in [7, 11) is 0.